The Morgan fingerprint density at radius 2 is 2.23 bits per heavy atom. The molecule has 0 atom stereocenters. The quantitative estimate of drug-likeness (QED) is 0.729. The molecule has 1 aliphatic rings. The summed E-state index contributed by atoms with van der Waals surface area (Å²) in [5.41, 5.74) is 1.79. The molecule has 1 aromatic carbocycles. The minimum atomic E-state index is 0.239. The number of hydrogen-bond acceptors (Lipinski definition) is 4. The van der Waals surface area contributed by atoms with E-state index in [9.17, 15) is 0 Å². The molecule has 1 aliphatic heterocycles. The Bertz CT molecular complexity index is 818. The van der Waals surface area contributed by atoms with Crippen molar-refractivity contribution >= 4 is 0 Å². The zero-order valence-corrected chi connectivity index (χ0v) is 12.5. The van der Waals surface area contributed by atoms with E-state index in [1.807, 2.05) is 29.1 Å². The number of aromatic nitrogens is 5. The van der Waals surface area contributed by atoms with E-state index in [-0.39, 0.29) is 6.04 Å². The van der Waals surface area contributed by atoms with Gasteiger partial charge in [0.2, 0.25) is 0 Å². The first-order valence-corrected chi connectivity index (χ1v) is 7.34. The fraction of sp³-hybridized carbons (Fsp3) is 0.312. The fourth-order valence-electron chi connectivity index (χ4n) is 2.69. The SMILES string of the molecule is CC(C)n1ncnc1-c1cn2c(n1)-c1c[c]ccc1OCC2. The van der Waals surface area contributed by atoms with Crippen molar-refractivity contribution in [1.29, 1.82) is 0 Å². The number of rotatable bonds is 2. The highest BCUT2D eigenvalue weighted by molar-refractivity contribution is 5.67. The molecule has 0 aliphatic carbocycles. The molecular weight excluding hydrogens is 278 g/mol. The molecule has 0 bridgehead atoms. The molecule has 0 saturated heterocycles. The lowest BCUT2D eigenvalue weighted by atomic mass is 10.2. The summed E-state index contributed by atoms with van der Waals surface area (Å²) in [4.78, 5) is 9.14. The van der Waals surface area contributed by atoms with E-state index in [1.54, 1.807) is 6.33 Å². The first kappa shape index (κ1) is 13.1. The molecule has 1 radical (unpaired) electrons. The molecule has 2 aromatic heterocycles. The normalized spacial score (nSPS) is 13.4. The largest absolute Gasteiger partial charge is 0.491 e. The zero-order chi connectivity index (χ0) is 15.1. The van der Waals surface area contributed by atoms with Crippen molar-refractivity contribution in [1.82, 2.24) is 24.3 Å². The lowest BCUT2D eigenvalue weighted by Crippen LogP contribution is -2.06. The van der Waals surface area contributed by atoms with E-state index in [2.05, 4.69) is 34.6 Å². The highest BCUT2D eigenvalue weighted by Crippen LogP contribution is 2.33. The van der Waals surface area contributed by atoms with Crippen LogP contribution in [0.3, 0.4) is 0 Å². The van der Waals surface area contributed by atoms with Gasteiger partial charge in [-0.25, -0.2) is 14.6 Å². The third-order valence-electron chi connectivity index (χ3n) is 3.72. The van der Waals surface area contributed by atoms with E-state index in [4.69, 9.17) is 9.72 Å². The highest BCUT2D eigenvalue weighted by atomic mass is 16.5. The number of benzene rings is 1. The van der Waals surface area contributed by atoms with E-state index < -0.39 is 0 Å². The molecular formula is C16H16N5O. The average molecular weight is 294 g/mol. The Morgan fingerprint density at radius 3 is 3.09 bits per heavy atom. The summed E-state index contributed by atoms with van der Waals surface area (Å²) in [6, 6.07) is 9.03. The second-order valence-corrected chi connectivity index (χ2v) is 5.54. The van der Waals surface area contributed by atoms with Crippen LogP contribution in [0, 0.1) is 6.07 Å². The van der Waals surface area contributed by atoms with Gasteiger partial charge in [-0.1, -0.05) is 6.07 Å². The van der Waals surface area contributed by atoms with Crippen LogP contribution < -0.4 is 4.74 Å². The Labute approximate surface area is 128 Å². The molecule has 3 aromatic rings. The standard InChI is InChI=1S/C16H16N5O/c1-11(2)21-16(17-10-18-21)13-9-20-7-8-22-14-6-4-3-5-12(14)15(20)19-13/h4-6,9-11H,7-8H2,1-2H3. The molecule has 0 N–H and O–H groups in total. The van der Waals surface area contributed by atoms with Crippen molar-refractivity contribution < 1.29 is 4.74 Å². The van der Waals surface area contributed by atoms with Crippen molar-refractivity contribution in [3.8, 4) is 28.7 Å². The predicted molar refractivity (Wildman–Crippen MR) is 81.4 cm³/mol. The number of hydrogen-bond donors (Lipinski definition) is 0. The van der Waals surface area contributed by atoms with Gasteiger partial charge in [-0.3, -0.25) is 0 Å². The van der Waals surface area contributed by atoms with Crippen LogP contribution in [-0.2, 0) is 6.54 Å². The van der Waals surface area contributed by atoms with E-state index >= 15 is 0 Å². The summed E-state index contributed by atoms with van der Waals surface area (Å²) in [6.07, 6.45) is 3.59. The Morgan fingerprint density at radius 1 is 1.32 bits per heavy atom. The van der Waals surface area contributed by atoms with Crippen molar-refractivity contribution in [2.24, 2.45) is 0 Å². The van der Waals surface area contributed by atoms with E-state index in [0.717, 1.165) is 35.2 Å². The van der Waals surface area contributed by atoms with Gasteiger partial charge in [-0.05, 0) is 32.0 Å². The summed E-state index contributed by atoms with van der Waals surface area (Å²) in [5.74, 6) is 2.52. The number of nitrogens with zero attached hydrogens (tertiary/aromatic N) is 5. The number of imidazole rings is 1. The van der Waals surface area contributed by atoms with Gasteiger partial charge in [0.25, 0.3) is 0 Å². The first-order valence-electron chi connectivity index (χ1n) is 7.34. The van der Waals surface area contributed by atoms with Gasteiger partial charge >= 0.3 is 0 Å². The third-order valence-corrected chi connectivity index (χ3v) is 3.72. The maximum atomic E-state index is 5.77. The Balaban J connectivity index is 1.86. The molecule has 0 unspecified atom stereocenters. The van der Waals surface area contributed by atoms with Gasteiger partial charge in [-0.2, -0.15) is 5.10 Å². The van der Waals surface area contributed by atoms with Crippen LogP contribution >= 0.6 is 0 Å². The molecule has 6 heteroatoms. The molecule has 0 fully saturated rings. The van der Waals surface area contributed by atoms with Crippen LogP contribution in [0.1, 0.15) is 19.9 Å². The molecule has 111 valence electrons. The highest BCUT2D eigenvalue weighted by Gasteiger charge is 2.21. The number of ether oxygens (including phenoxy) is 1. The minimum absolute atomic E-state index is 0.239. The Kier molecular flexibility index (Phi) is 2.96. The van der Waals surface area contributed by atoms with Crippen molar-refractivity contribution in [3.05, 3.63) is 36.8 Å². The van der Waals surface area contributed by atoms with Gasteiger partial charge in [0.1, 0.15) is 30.2 Å². The smallest absolute Gasteiger partial charge is 0.178 e. The molecule has 0 spiro atoms. The van der Waals surface area contributed by atoms with Crippen LogP contribution in [0.2, 0.25) is 0 Å². The topological polar surface area (TPSA) is 57.8 Å². The molecule has 22 heavy (non-hydrogen) atoms. The lowest BCUT2D eigenvalue weighted by molar-refractivity contribution is 0.306. The lowest BCUT2D eigenvalue weighted by Gasteiger charge is -2.07. The summed E-state index contributed by atoms with van der Waals surface area (Å²) < 4.78 is 9.76. The summed E-state index contributed by atoms with van der Waals surface area (Å²) in [7, 11) is 0. The van der Waals surface area contributed by atoms with Gasteiger partial charge in [0, 0.05) is 12.2 Å². The second kappa shape index (κ2) is 4.98. The molecule has 6 nitrogen and oxygen atoms in total. The molecule has 0 saturated carbocycles. The zero-order valence-electron chi connectivity index (χ0n) is 12.5. The molecule has 3 heterocycles. The van der Waals surface area contributed by atoms with E-state index in [0.29, 0.717) is 6.61 Å². The van der Waals surface area contributed by atoms with Crippen LogP contribution in [0.5, 0.6) is 5.75 Å². The van der Waals surface area contributed by atoms with Crippen LogP contribution in [0.25, 0.3) is 22.9 Å². The van der Waals surface area contributed by atoms with Gasteiger partial charge in [0.05, 0.1) is 12.1 Å². The summed E-state index contributed by atoms with van der Waals surface area (Å²) >= 11 is 0. The monoisotopic (exact) mass is 294 g/mol. The van der Waals surface area contributed by atoms with Gasteiger partial charge in [0.15, 0.2) is 5.82 Å². The second-order valence-electron chi connectivity index (χ2n) is 5.54. The van der Waals surface area contributed by atoms with Crippen LogP contribution in [0.15, 0.2) is 30.7 Å². The fourth-order valence-corrected chi connectivity index (χ4v) is 2.69. The van der Waals surface area contributed by atoms with Crippen molar-refractivity contribution in [2.75, 3.05) is 6.61 Å². The number of fused-ring (bicyclic) bond motifs is 3. The Hall–Kier alpha value is -2.63. The van der Waals surface area contributed by atoms with E-state index in [1.165, 1.54) is 0 Å². The van der Waals surface area contributed by atoms with Crippen molar-refractivity contribution in [3.63, 3.8) is 0 Å². The third kappa shape index (κ3) is 1.99. The minimum Gasteiger partial charge on any atom is -0.491 e. The van der Waals surface area contributed by atoms with Crippen LogP contribution in [0.4, 0.5) is 0 Å². The van der Waals surface area contributed by atoms with Crippen molar-refractivity contribution in [2.45, 2.75) is 26.4 Å². The maximum absolute atomic E-state index is 5.77. The summed E-state index contributed by atoms with van der Waals surface area (Å²) in [6.45, 7) is 5.54. The first-order chi connectivity index (χ1) is 10.7. The van der Waals surface area contributed by atoms with Crippen LogP contribution in [-0.4, -0.2) is 30.9 Å². The average Bonchev–Trinajstić information content (AvgIpc) is 3.11. The maximum Gasteiger partial charge on any atom is 0.178 e. The van der Waals surface area contributed by atoms with Gasteiger partial charge in [-0.15, -0.1) is 0 Å². The van der Waals surface area contributed by atoms with Gasteiger partial charge < -0.3 is 9.30 Å². The molecule has 0 amide bonds. The molecule has 4 rings (SSSR count). The summed E-state index contributed by atoms with van der Waals surface area (Å²) in [5, 5.41) is 4.29. The predicted octanol–water partition coefficient (Wildman–Crippen LogP) is 2.58.